The molecule has 0 radical (unpaired) electrons. The van der Waals surface area contributed by atoms with Crippen molar-refractivity contribution >= 4 is 28.6 Å². The molecule has 3 nitrogen and oxygen atoms in total. The van der Waals surface area contributed by atoms with Gasteiger partial charge in [-0.3, -0.25) is 4.79 Å². The second kappa shape index (κ2) is 4.59. The summed E-state index contributed by atoms with van der Waals surface area (Å²) < 4.78 is 0.431. The zero-order valence-corrected chi connectivity index (χ0v) is 9.79. The lowest BCUT2D eigenvalue weighted by Crippen LogP contribution is -2.42. The molecule has 0 aromatic heterocycles. The Labute approximate surface area is 92.2 Å². The van der Waals surface area contributed by atoms with Crippen LogP contribution in [0.4, 0.5) is 0 Å². The van der Waals surface area contributed by atoms with Gasteiger partial charge in [0, 0.05) is 9.34 Å². The molecular weight excluding hydrogens is 281 g/mol. The van der Waals surface area contributed by atoms with Gasteiger partial charge in [-0.25, -0.2) is 0 Å². The van der Waals surface area contributed by atoms with E-state index in [4.69, 9.17) is 10.8 Å². The monoisotopic (exact) mass is 297 g/mol. The third-order valence-electron chi connectivity index (χ3n) is 2.96. The van der Waals surface area contributed by atoms with Gasteiger partial charge in [0.15, 0.2) is 0 Å². The van der Waals surface area contributed by atoms with E-state index in [9.17, 15) is 4.79 Å². The fourth-order valence-electron chi connectivity index (χ4n) is 2.07. The van der Waals surface area contributed by atoms with Gasteiger partial charge in [0.2, 0.25) is 0 Å². The van der Waals surface area contributed by atoms with E-state index in [-0.39, 0.29) is 11.8 Å². The summed E-state index contributed by atoms with van der Waals surface area (Å²) in [5, 5.41) is 8.82. The van der Waals surface area contributed by atoms with Crippen LogP contribution in [0.2, 0.25) is 0 Å². The van der Waals surface area contributed by atoms with Gasteiger partial charge in [0.05, 0.1) is 6.42 Å². The minimum Gasteiger partial charge on any atom is -0.481 e. The smallest absolute Gasteiger partial charge is 0.303 e. The van der Waals surface area contributed by atoms with Crippen LogP contribution in [0.25, 0.3) is 0 Å². The molecule has 1 fully saturated rings. The summed E-state index contributed by atoms with van der Waals surface area (Å²) in [4.78, 5) is 10.7. The van der Waals surface area contributed by atoms with E-state index in [1.165, 1.54) is 6.42 Å². The molecule has 0 bridgehead atoms. The quantitative estimate of drug-likeness (QED) is 0.616. The molecule has 1 saturated carbocycles. The lowest BCUT2D eigenvalue weighted by Gasteiger charge is -2.39. The predicted octanol–water partition coefficient (Wildman–Crippen LogP) is 1.78. The van der Waals surface area contributed by atoms with Crippen molar-refractivity contribution < 1.29 is 9.90 Å². The molecule has 13 heavy (non-hydrogen) atoms. The van der Waals surface area contributed by atoms with Gasteiger partial charge >= 0.3 is 5.97 Å². The third kappa shape index (κ3) is 2.56. The van der Waals surface area contributed by atoms with Gasteiger partial charge in [-0.15, -0.1) is 0 Å². The number of halogens is 1. The fraction of sp³-hybridized carbons (Fsp3) is 0.889. The van der Waals surface area contributed by atoms with Crippen LogP contribution in [-0.2, 0) is 4.79 Å². The molecule has 0 amide bonds. The maximum Gasteiger partial charge on any atom is 0.303 e. The summed E-state index contributed by atoms with van der Waals surface area (Å²) in [7, 11) is 0. The van der Waals surface area contributed by atoms with Crippen LogP contribution in [0.15, 0.2) is 0 Å². The minimum absolute atomic E-state index is 0.134. The van der Waals surface area contributed by atoms with Crippen molar-refractivity contribution in [1.82, 2.24) is 0 Å². The molecule has 0 spiro atoms. The first kappa shape index (κ1) is 11.2. The highest BCUT2D eigenvalue weighted by atomic mass is 127. The Bertz CT molecular complexity index is 198. The number of hydrogen-bond donors (Lipinski definition) is 2. The summed E-state index contributed by atoms with van der Waals surface area (Å²) in [6, 6.07) is 0. The second-order valence-corrected chi connectivity index (χ2v) is 5.35. The summed E-state index contributed by atoms with van der Waals surface area (Å²) >= 11 is 2.36. The molecule has 1 aliphatic carbocycles. The van der Waals surface area contributed by atoms with Gasteiger partial charge in [-0.1, -0.05) is 35.4 Å². The highest BCUT2D eigenvalue weighted by molar-refractivity contribution is 14.1. The van der Waals surface area contributed by atoms with Crippen molar-refractivity contribution in [2.45, 2.75) is 36.0 Å². The summed E-state index contributed by atoms with van der Waals surface area (Å²) in [5.74, 6) is -0.714. The van der Waals surface area contributed by atoms with Crippen LogP contribution < -0.4 is 5.73 Å². The fourth-order valence-corrected chi connectivity index (χ4v) is 3.29. The Balaban J connectivity index is 2.69. The first-order valence-electron chi connectivity index (χ1n) is 4.67. The molecule has 0 aliphatic heterocycles. The first-order chi connectivity index (χ1) is 6.10. The minimum atomic E-state index is -0.714. The molecule has 2 unspecified atom stereocenters. The normalized spacial score (nSPS) is 34.5. The van der Waals surface area contributed by atoms with E-state index in [1.807, 2.05) is 0 Å². The highest BCUT2D eigenvalue weighted by Gasteiger charge is 2.39. The van der Waals surface area contributed by atoms with Crippen LogP contribution in [0.1, 0.15) is 32.1 Å². The standard InChI is InChI=1S/C9H16INO2/c10-7-3-1-2-4-9(7,6-11)5-8(12)13/h7H,1-6,11H2,(H,12,13). The third-order valence-corrected chi connectivity index (χ3v) is 4.90. The number of carboxylic acid groups (broad SMARTS) is 1. The van der Waals surface area contributed by atoms with E-state index in [0.717, 1.165) is 19.3 Å². The zero-order valence-electron chi connectivity index (χ0n) is 7.63. The van der Waals surface area contributed by atoms with Crippen molar-refractivity contribution in [1.29, 1.82) is 0 Å². The zero-order chi connectivity index (χ0) is 9.90. The SMILES string of the molecule is NCC1(CC(=O)O)CCCCC1I. The molecule has 4 heteroatoms. The van der Waals surface area contributed by atoms with Crippen molar-refractivity contribution in [2.24, 2.45) is 11.1 Å². The predicted molar refractivity (Wildman–Crippen MR) is 60.0 cm³/mol. The number of hydrogen-bond acceptors (Lipinski definition) is 2. The van der Waals surface area contributed by atoms with E-state index in [0.29, 0.717) is 10.5 Å². The van der Waals surface area contributed by atoms with E-state index >= 15 is 0 Å². The number of carbonyl (C=O) groups is 1. The summed E-state index contributed by atoms with van der Waals surface area (Å²) in [6.45, 7) is 0.507. The first-order valence-corrected chi connectivity index (χ1v) is 5.91. The average molecular weight is 297 g/mol. The van der Waals surface area contributed by atoms with Crippen molar-refractivity contribution in [3.8, 4) is 0 Å². The molecule has 3 N–H and O–H groups in total. The van der Waals surface area contributed by atoms with E-state index < -0.39 is 5.97 Å². The van der Waals surface area contributed by atoms with E-state index in [2.05, 4.69) is 22.6 Å². The number of carboxylic acids is 1. The lowest BCUT2D eigenvalue weighted by atomic mass is 9.72. The van der Waals surface area contributed by atoms with Crippen molar-refractivity contribution in [3.05, 3.63) is 0 Å². The molecule has 2 atom stereocenters. The summed E-state index contributed by atoms with van der Waals surface area (Å²) in [5.41, 5.74) is 5.57. The maximum atomic E-state index is 10.7. The topological polar surface area (TPSA) is 63.3 Å². The van der Waals surface area contributed by atoms with Gasteiger partial charge in [-0.05, 0) is 19.4 Å². The Morgan fingerprint density at radius 1 is 1.62 bits per heavy atom. The van der Waals surface area contributed by atoms with Crippen LogP contribution >= 0.6 is 22.6 Å². The van der Waals surface area contributed by atoms with E-state index in [1.54, 1.807) is 0 Å². The number of aliphatic carboxylic acids is 1. The number of alkyl halides is 1. The Kier molecular flexibility index (Phi) is 3.97. The van der Waals surface area contributed by atoms with Crippen LogP contribution in [0.3, 0.4) is 0 Å². The molecule has 0 aromatic rings. The van der Waals surface area contributed by atoms with Gasteiger partial charge in [0.25, 0.3) is 0 Å². The Hall–Kier alpha value is 0.160. The van der Waals surface area contributed by atoms with Crippen LogP contribution in [0, 0.1) is 5.41 Å². The van der Waals surface area contributed by atoms with Gasteiger partial charge in [0.1, 0.15) is 0 Å². The Morgan fingerprint density at radius 3 is 2.77 bits per heavy atom. The molecule has 0 aromatic carbocycles. The lowest BCUT2D eigenvalue weighted by molar-refractivity contribution is -0.140. The average Bonchev–Trinajstić information content (AvgIpc) is 2.08. The molecule has 0 heterocycles. The molecule has 0 saturated heterocycles. The van der Waals surface area contributed by atoms with Gasteiger partial charge in [-0.2, -0.15) is 0 Å². The highest BCUT2D eigenvalue weighted by Crippen LogP contribution is 2.43. The Morgan fingerprint density at radius 2 is 2.31 bits per heavy atom. The molecule has 1 rings (SSSR count). The number of rotatable bonds is 3. The molecular formula is C9H16INO2. The molecule has 1 aliphatic rings. The van der Waals surface area contributed by atoms with Crippen molar-refractivity contribution in [3.63, 3.8) is 0 Å². The maximum absolute atomic E-state index is 10.7. The largest absolute Gasteiger partial charge is 0.481 e. The van der Waals surface area contributed by atoms with Crippen molar-refractivity contribution in [2.75, 3.05) is 6.54 Å². The summed E-state index contributed by atoms with van der Waals surface area (Å²) in [6.07, 6.45) is 4.67. The van der Waals surface area contributed by atoms with Crippen LogP contribution in [0.5, 0.6) is 0 Å². The number of nitrogens with two attached hydrogens (primary N) is 1. The second-order valence-electron chi connectivity index (χ2n) is 3.85. The molecule has 76 valence electrons. The van der Waals surface area contributed by atoms with Crippen LogP contribution in [-0.4, -0.2) is 21.5 Å². The van der Waals surface area contributed by atoms with Gasteiger partial charge < -0.3 is 10.8 Å².